The minimum absolute atomic E-state index is 0.0116. The van der Waals surface area contributed by atoms with Gasteiger partial charge in [0.15, 0.2) is 5.78 Å². The summed E-state index contributed by atoms with van der Waals surface area (Å²) in [5, 5.41) is 14.6. The first kappa shape index (κ1) is 24.3. The number of carbonyl (C=O) groups excluding carboxylic acids is 3. The number of amides is 2. The predicted molar refractivity (Wildman–Crippen MR) is 121 cm³/mol. The second-order valence-corrected chi connectivity index (χ2v) is 9.45. The molecule has 32 heavy (non-hydrogen) atoms. The van der Waals surface area contributed by atoms with Crippen LogP contribution < -0.4 is 10.6 Å². The summed E-state index contributed by atoms with van der Waals surface area (Å²) in [6, 6.07) is 6.21. The lowest BCUT2D eigenvalue weighted by Crippen LogP contribution is -2.38. The molecule has 3 rings (SSSR count). The van der Waals surface area contributed by atoms with Crippen LogP contribution in [0.3, 0.4) is 0 Å². The van der Waals surface area contributed by atoms with Gasteiger partial charge < -0.3 is 15.1 Å². The van der Waals surface area contributed by atoms with Crippen LogP contribution >= 0.6 is 23.4 Å². The van der Waals surface area contributed by atoms with Crippen LogP contribution in [-0.4, -0.2) is 40.1 Å². The number of ketones is 1. The lowest BCUT2D eigenvalue weighted by molar-refractivity contribution is -0.127. The summed E-state index contributed by atoms with van der Waals surface area (Å²) in [5.41, 5.74) is 0.554. The maximum absolute atomic E-state index is 12.4. The Morgan fingerprint density at radius 3 is 2.53 bits per heavy atom. The largest absolute Gasteiger partial charge is 0.414 e. The summed E-state index contributed by atoms with van der Waals surface area (Å²) >= 11 is 6.99. The summed E-state index contributed by atoms with van der Waals surface area (Å²) in [5.74, 6) is 0.277. The molecule has 0 radical (unpaired) electrons. The summed E-state index contributed by atoms with van der Waals surface area (Å²) in [6.45, 7) is 4.17. The van der Waals surface area contributed by atoms with Crippen molar-refractivity contribution in [2.24, 2.45) is 11.8 Å². The van der Waals surface area contributed by atoms with E-state index in [1.807, 2.05) is 13.8 Å². The summed E-state index contributed by atoms with van der Waals surface area (Å²) in [4.78, 5) is 36.5. The van der Waals surface area contributed by atoms with Gasteiger partial charge in [-0.15, -0.1) is 10.2 Å². The van der Waals surface area contributed by atoms with Crippen molar-refractivity contribution in [2.45, 2.75) is 50.8 Å². The number of hydrogen-bond donors (Lipinski definition) is 2. The fraction of sp³-hybridized carbons (Fsp3) is 0.500. The van der Waals surface area contributed by atoms with Crippen molar-refractivity contribution in [3.05, 3.63) is 40.7 Å². The highest BCUT2D eigenvalue weighted by atomic mass is 35.5. The number of rotatable bonds is 11. The Morgan fingerprint density at radius 1 is 1.19 bits per heavy atom. The molecule has 1 fully saturated rings. The molecule has 0 bridgehead atoms. The Hall–Kier alpha value is -2.39. The van der Waals surface area contributed by atoms with E-state index >= 15 is 0 Å². The Kier molecular flexibility index (Phi) is 8.69. The van der Waals surface area contributed by atoms with Gasteiger partial charge in [0.1, 0.15) is 6.04 Å². The Bertz CT molecular complexity index is 944. The molecule has 1 saturated carbocycles. The van der Waals surface area contributed by atoms with Gasteiger partial charge in [0.05, 0.1) is 5.75 Å². The van der Waals surface area contributed by atoms with Crippen LogP contribution in [0.15, 0.2) is 33.9 Å². The van der Waals surface area contributed by atoms with Crippen molar-refractivity contribution in [1.29, 1.82) is 0 Å². The lowest BCUT2D eigenvalue weighted by Gasteiger charge is -2.24. The molecule has 2 N–H and O–H groups in total. The van der Waals surface area contributed by atoms with Crippen LogP contribution in [0.1, 0.15) is 61.8 Å². The molecule has 172 valence electrons. The van der Waals surface area contributed by atoms with Gasteiger partial charge >= 0.3 is 0 Å². The molecule has 2 amide bonds. The van der Waals surface area contributed by atoms with Gasteiger partial charge in [-0.1, -0.05) is 43.6 Å². The SMILES string of the molecule is CC(C)[C@H](NC(=O)CCNC(=O)C1CCC1)c1nnc(SCC(=O)c2ccc(Cl)cc2)o1. The van der Waals surface area contributed by atoms with Gasteiger partial charge in [0.25, 0.3) is 5.22 Å². The third kappa shape index (κ3) is 6.80. The monoisotopic (exact) mass is 478 g/mol. The average molecular weight is 479 g/mol. The first-order valence-corrected chi connectivity index (χ1v) is 12.0. The molecular weight excluding hydrogens is 452 g/mol. The molecule has 0 unspecified atom stereocenters. The molecule has 8 nitrogen and oxygen atoms in total. The van der Waals surface area contributed by atoms with Crippen molar-refractivity contribution in [2.75, 3.05) is 12.3 Å². The van der Waals surface area contributed by atoms with E-state index in [1.54, 1.807) is 24.3 Å². The van der Waals surface area contributed by atoms with Gasteiger partial charge in [0, 0.05) is 29.5 Å². The fourth-order valence-electron chi connectivity index (χ4n) is 3.12. The van der Waals surface area contributed by atoms with Crippen LogP contribution in [0.5, 0.6) is 0 Å². The van der Waals surface area contributed by atoms with E-state index in [2.05, 4.69) is 20.8 Å². The summed E-state index contributed by atoms with van der Waals surface area (Å²) < 4.78 is 5.69. The molecule has 1 aromatic heterocycles. The molecule has 0 spiro atoms. The third-order valence-corrected chi connectivity index (χ3v) is 6.36. The van der Waals surface area contributed by atoms with E-state index in [4.69, 9.17) is 16.0 Å². The van der Waals surface area contributed by atoms with Gasteiger partial charge in [-0.25, -0.2) is 0 Å². The Labute approximate surface area is 196 Å². The average Bonchev–Trinajstić information content (AvgIpc) is 3.18. The molecule has 0 saturated heterocycles. The van der Waals surface area contributed by atoms with Crippen molar-refractivity contribution in [3.63, 3.8) is 0 Å². The van der Waals surface area contributed by atoms with Crippen molar-refractivity contribution >= 4 is 41.0 Å². The molecule has 1 aromatic carbocycles. The number of hydrogen-bond acceptors (Lipinski definition) is 7. The first-order chi connectivity index (χ1) is 15.3. The number of halogens is 1. The topological polar surface area (TPSA) is 114 Å². The van der Waals surface area contributed by atoms with E-state index in [0.29, 0.717) is 17.1 Å². The molecule has 1 aliphatic carbocycles. The third-order valence-electron chi connectivity index (χ3n) is 5.29. The van der Waals surface area contributed by atoms with Crippen LogP contribution in [-0.2, 0) is 9.59 Å². The van der Waals surface area contributed by atoms with E-state index in [-0.39, 0.29) is 52.7 Å². The van der Waals surface area contributed by atoms with Crippen molar-refractivity contribution in [1.82, 2.24) is 20.8 Å². The standard InChI is InChI=1S/C22H27ClN4O4S/c1-13(2)19(25-18(29)10-11-24-20(30)15-4-3-5-15)21-26-27-22(31-21)32-12-17(28)14-6-8-16(23)9-7-14/h6-9,13,15,19H,3-5,10-12H2,1-2H3,(H,24,30)(H,25,29)/t19-/m0/s1. The van der Waals surface area contributed by atoms with Crippen LogP contribution in [0.25, 0.3) is 0 Å². The number of Topliss-reactive ketones (excluding diaryl/α,β-unsaturated/α-hetero) is 1. The zero-order valence-electron chi connectivity index (χ0n) is 18.1. The normalized spacial score (nSPS) is 14.6. The quantitative estimate of drug-likeness (QED) is 0.372. The van der Waals surface area contributed by atoms with Crippen molar-refractivity contribution < 1.29 is 18.8 Å². The maximum atomic E-state index is 12.4. The van der Waals surface area contributed by atoms with E-state index in [0.717, 1.165) is 31.0 Å². The van der Waals surface area contributed by atoms with Crippen LogP contribution in [0.2, 0.25) is 5.02 Å². The van der Waals surface area contributed by atoms with E-state index in [9.17, 15) is 14.4 Å². The van der Waals surface area contributed by atoms with Crippen LogP contribution in [0.4, 0.5) is 0 Å². The van der Waals surface area contributed by atoms with Gasteiger partial charge in [0.2, 0.25) is 17.7 Å². The zero-order chi connectivity index (χ0) is 23.1. The Balaban J connectivity index is 1.48. The summed E-state index contributed by atoms with van der Waals surface area (Å²) in [7, 11) is 0. The van der Waals surface area contributed by atoms with Crippen LogP contribution in [0, 0.1) is 11.8 Å². The van der Waals surface area contributed by atoms with E-state index < -0.39 is 6.04 Å². The molecule has 1 heterocycles. The highest BCUT2D eigenvalue weighted by Crippen LogP contribution is 2.26. The zero-order valence-corrected chi connectivity index (χ0v) is 19.7. The number of nitrogens with zero attached hydrogens (tertiary/aromatic N) is 2. The smallest absolute Gasteiger partial charge is 0.277 e. The minimum Gasteiger partial charge on any atom is -0.414 e. The number of carbonyl (C=O) groups is 3. The number of aromatic nitrogens is 2. The van der Waals surface area contributed by atoms with Crippen molar-refractivity contribution in [3.8, 4) is 0 Å². The molecule has 2 aromatic rings. The molecule has 0 aliphatic heterocycles. The highest BCUT2D eigenvalue weighted by Gasteiger charge is 2.26. The molecule has 10 heteroatoms. The molecular formula is C22H27ClN4O4S. The molecule has 1 atom stereocenters. The minimum atomic E-state index is -0.460. The fourth-order valence-corrected chi connectivity index (χ4v) is 3.91. The summed E-state index contributed by atoms with van der Waals surface area (Å²) in [6.07, 6.45) is 3.12. The predicted octanol–water partition coefficient (Wildman–Crippen LogP) is 3.82. The number of thioether (sulfide) groups is 1. The number of nitrogens with one attached hydrogen (secondary N) is 2. The first-order valence-electron chi connectivity index (χ1n) is 10.7. The Morgan fingerprint density at radius 2 is 1.91 bits per heavy atom. The molecule has 1 aliphatic rings. The van der Waals surface area contributed by atoms with E-state index in [1.165, 1.54) is 0 Å². The number of benzene rings is 1. The van der Waals surface area contributed by atoms with Gasteiger partial charge in [-0.05, 0) is 43.0 Å². The highest BCUT2D eigenvalue weighted by molar-refractivity contribution is 7.99. The van der Waals surface area contributed by atoms with Gasteiger partial charge in [-0.2, -0.15) is 0 Å². The van der Waals surface area contributed by atoms with Gasteiger partial charge in [-0.3, -0.25) is 14.4 Å². The second kappa shape index (κ2) is 11.5. The lowest BCUT2D eigenvalue weighted by atomic mass is 9.85. The second-order valence-electron chi connectivity index (χ2n) is 8.08. The maximum Gasteiger partial charge on any atom is 0.277 e.